The number of carbonyl (C=O) groups excluding carboxylic acids is 2. The SMILES string of the molecule is COC(=O)[C@@H](Cc1ccc(Cl)cc1Cl)NC(=O)C(C)C. The van der Waals surface area contributed by atoms with E-state index in [-0.39, 0.29) is 18.2 Å². The van der Waals surface area contributed by atoms with Crippen LogP contribution in [0.15, 0.2) is 18.2 Å². The number of nitrogens with one attached hydrogen (secondary N) is 1. The molecule has 6 heteroatoms. The Morgan fingerprint density at radius 1 is 1.30 bits per heavy atom. The Balaban J connectivity index is 2.89. The van der Waals surface area contributed by atoms with Gasteiger partial charge in [0.1, 0.15) is 6.04 Å². The molecular weight excluding hydrogens is 301 g/mol. The number of hydrogen-bond acceptors (Lipinski definition) is 3. The number of methoxy groups -OCH3 is 1. The van der Waals surface area contributed by atoms with E-state index in [1.54, 1.807) is 32.0 Å². The number of hydrogen-bond donors (Lipinski definition) is 1. The second-order valence-corrected chi connectivity index (χ2v) is 5.52. The van der Waals surface area contributed by atoms with Crippen LogP contribution < -0.4 is 5.32 Å². The first-order chi connectivity index (χ1) is 9.35. The second-order valence-electron chi connectivity index (χ2n) is 4.68. The molecule has 0 heterocycles. The van der Waals surface area contributed by atoms with Crippen molar-refractivity contribution in [1.82, 2.24) is 5.32 Å². The maximum atomic E-state index is 11.7. The van der Waals surface area contributed by atoms with Crippen LogP contribution >= 0.6 is 23.2 Å². The first-order valence-electron chi connectivity index (χ1n) is 6.17. The molecule has 1 amide bonds. The molecule has 0 fully saturated rings. The van der Waals surface area contributed by atoms with Crippen molar-refractivity contribution in [3.8, 4) is 0 Å². The van der Waals surface area contributed by atoms with Gasteiger partial charge in [-0.25, -0.2) is 4.79 Å². The van der Waals surface area contributed by atoms with Gasteiger partial charge in [0, 0.05) is 22.4 Å². The van der Waals surface area contributed by atoms with E-state index in [1.165, 1.54) is 7.11 Å². The lowest BCUT2D eigenvalue weighted by Crippen LogP contribution is -2.44. The highest BCUT2D eigenvalue weighted by atomic mass is 35.5. The van der Waals surface area contributed by atoms with Gasteiger partial charge in [-0.05, 0) is 17.7 Å². The molecule has 0 saturated carbocycles. The summed E-state index contributed by atoms with van der Waals surface area (Å²) in [5.74, 6) is -0.946. The fraction of sp³-hybridized carbons (Fsp3) is 0.429. The van der Waals surface area contributed by atoms with Crippen molar-refractivity contribution in [1.29, 1.82) is 0 Å². The van der Waals surface area contributed by atoms with E-state index in [0.29, 0.717) is 10.0 Å². The van der Waals surface area contributed by atoms with Crippen LogP contribution in [0.5, 0.6) is 0 Å². The summed E-state index contributed by atoms with van der Waals surface area (Å²) in [6.45, 7) is 3.50. The Morgan fingerprint density at radius 3 is 2.45 bits per heavy atom. The van der Waals surface area contributed by atoms with Crippen LogP contribution in [0.25, 0.3) is 0 Å². The quantitative estimate of drug-likeness (QED) is 0.850. The lowest BCUT2D eigenvalue weighted by atomic mass is 10.0. The van der Waals surface area contributed by atoms with E-state index in [2.05, 4.69) is 5.32 Å². The van der Waals surface area contributed by atoms with Crippen LogP contribution in [0.2, 0.25) is 10.0 Å². The number of carbonyl (C=O) groups is 2. The van der Waals surface area contributed by atoms with E-state index < -0.39 is 12.0 Å². The fourth-order valence-electron chi connectivity index (χ4n) is 1.58. The highest BCUT2D eigenvalue weighted by Crippen LogP contribution is 2.22. The zero-order valence-corrected chi connectivity index (χ0v) is 13.1. The first-order valence-corrected chi connectivity index (χ1v) is 6.93. The standard InChI is InChI=1S/C14H17Cl2NO3/c1-8(2)13(18)17-12(14(19)20-3)6-9-4-5-10(15)7-11(9)16/h4-5,7-8,12H,6H2,1-3H3,(H,17,18)/t12-/m1/s1. The number of rotatable bonds is 5. The van der Waals surface area contributed by atoms with Gasteiger partial charge in [0.15, 0.2) is 0 Å². The number of esters is 1. The Morgan fingerprint density at radius 2 is 1.95 bits per heavy atom. The molecule has 0 aliphatic heterocycles. The third-order valence-corrected chi connectivity index (χ3v) is 3.35. The minimum Gasteiger partial charge on any atom is -0.467 e. The third-order valence-electron chi connectivity index (χ3n) is 2.77. The van der Waals surface area contributed by atoms with Gasteiger partial charge in [-0.3, -0.25) is 4.79 Å². The average Bonchev–Trinajstić information content (AvgIpc) is 2.39. The topological polar surface area (TPSA) is 55.4 Å². The molecule has 0 unspecified atom stereocenters. The maximum absolute atomic E-state index is 11.7. The van der Waals surface area contributed by atoms with Crippen molar-refractivity contribution in [3.63, 3.8) is 0 Å². The molecule has 1 rings (SSSR count). The number of ether oxygens (including phenoxy) is 1. The lowest BCUT2D eigenvalue weighted by Gasteiger charge is -2.18. The maximum Gasteiger partial charge on any atom is 0.328 e. The number of halogens is 2. The molecule has 110 valence electrons. The molecule has 1 N–H and O–H groups in total. The minimum atomic E-state index is -0.770. The zero-order valence-electron chi connectivity index (χ0n) is 11.6. The highest BCUT2D eigenvalue weighted by molar-refractivity contribution is 6.35. The predicted octanol–water partition coefficient (Wildman–Crippen LogP) is 2.85. The average molecular weight is 318 g/mol. The lowest BCUT2D eigenvalue weighted by molar-refractivity contribution is -0.145. The Labute approximate surface area is 128 Å². The molecule has 1 atom stereocenters. The van der Waals surface area contributed by atoms with E-state index in [1.807, 2.05) is 0 Å². The van der Waals surface area contributed by atoms with Crippen molar-refractivity contribution in [2.45, 2.75) is 26.3 Å². The summed E-state index contributed by atoms with van der Waals surface area (Å²) >= 11 is 11.9. The van der Waals surface area contributed by atoms with Gasteiger partial charge >= 0.3 is 5.97 Å². The van der Waals surface area contributed by atoms with Gasteiger partial charge in [-0.1, -0.05) is 43.1 Å². The van der Waals surface area contributed by atoms with E-state index in [4.69, 9.17) is 27.9 Å². The summed E-state index contributed by atoms with van der Waals surface area (Å²) in [7, 11) is 1.28. The van der Waals surface area contributed by atoms with Gasteiger partial charge in [0.2, 0.25) is 5.91 Å². The largest absolute Gasteiger partial charge is 0.467 e. The molecular formula is C14H17Cl2NO3. The van der Waals surface area contributed by atoms with Crippen LogP contribution in [0.3, 0.4) is 0 Å². The Kier molecular flexibility index (Phi) is 6.30. The van der Waals surface area contributed by atoms with Crippen LogP contribution in [0.1, 0.15) is 19.4 Å². The van der Waals surface area contributed by atoms with Gasteiger partial charge in [-0.15, -0.1) is 0 Å². The predicted molar refractivity (Wildman–Crippen MR) is 79.0 cm³/mol. The van der Waals surface area contributed by atoms with Crippen molar-refractivity contribution in [3.05, 3.63) is 33.8 Å². The monoisotopic (exact) mass is 317 g/mol. The summed E-state index contributed by atoms with van der Waals surface area (Å²) in [6.07, 6.45) is 0.251. The Hall–Kier alpha value is -1.26. The molecule has 1 aromatic carbocycles. The molecule has 0 spiro atoms. The van der Waals surface area contributed by atoms with E-state index in [0.717, 1.165) is 5.56 Å². The Bertz CT molecular complexity index is 503. The summed E-state index contributed by atoms with van der Waals surface area (Å²) in [5.41, 5.74) is 0.718. The molecule has 20 heavy (non-hydrogen) atoms. The first kappa shape index (κ1) is 16.8. The van der Waals surface area contributed by atoms with Crippen LogP contribution in [-0.4, -0.2) is 25.0 Å². The van der Waals surface area contributed by atoms with Crippen LogP contribution in [-0.2, 0) is 20.7 Å². The van der Waals surface area contributed by atoms with Crippen LogP contribution in [0.4, 0.5) is 0 Å². The molecule has 4 nitrogen and oxygen atoms in total. The van der Waals surface area contributed by atoms with Gasteiger partial charge in [-0.2, -0.15) is 0 Å². The smallest absolute Gasteiger partial charge is 0.328 e. The summed E-state index contributed by atoms with van der Waals surface area (Å²) in [5, 5.41) is 3.62. The van der Waals surface area contributed by atoms with Crippen molar-refractivity contribution < 1.29 is 14.3 Å². The number of benzene rings is 1. The van der Waals surface area contributed by atoms with Crippen molar-refractivity contribution in [2.75, 3.05) is 7.11 Å². The normalized spacial score (nSPS) is 12.1. The molecule has 0 aliphatic carbocycles. The highest BCUT2D eigenvalue weighted by Gasteiger charge is 2.24. The fourth-order valence-corrected chi connectivity index (χ4v) is 2.07. The van der Waals surface area contributed by atoms with E-state index >= 15 is 0 Å². The molecule has 0 radical (unpaired) electrons. The van der Waals surface area contributed by atoms with Gasteiger partial charge in [0.05, 0.1) is 7.11 Å². The van der Waals surface area contributed by atoms with Crippen molar-refractivity contribution >= 4 is 35.1 Å². The molecule has 0 aromatic heterocycles. The minimum absolute atomic E-state index is 0.217. The summed E-state index contributed by atoms with van der Waals surface area (Å²) in [6, 6.07) is 4.23. The third kappa shape index (κ3) is 4.69. The molecule has 0 aliphatic rings. The molecule has 0 bridgehead atoms. The second kappa shape index (κ2) is 7.50. The van der Waals surface area contributed by atoms with E-state index in [9.17, 15) is 9.59 Å². The van der Waals surface area contributed by atoms with Gasteiger partial charge < -0.3 is 10.1 Å². The number of amides is 1. The van der Waals surface area contributed by atoms with Crippen molar-refractivity contribution in [2.24, 2.45) is 5.92 Å². The van der Waals surface area contributed by atoms with Crippen LogP contribution in [0, 0.1) is 5.92 Å². The molecule has 1 aromatic rings. The summed E-state index contributed by atoms with van der Waals surface area (Å²) < 4.78 is 4.71. The summed E-state index contributed by atoms with van der Waals surface area (Å²) in [4.78, 5) is 23.5. The zero-order chi connectivity index (χ0) is 15.3. The molecule has 0 saturated heterocycles. The van der Waals surface area contributed by atoms with Gasteiger partial charge in [0.25, 0.3) is 0 Å².